The van der Waals surface area contributed by atoms with Gasteiger partial charge in [0.15, 0.2) is 15.6 Å². The van der Waals surface area contributed by atoms with Crippen LogP contribution in [0.1, 0.15) is 181 Å². The summed E-state index contributed by atoms with van der Waals surface area (Å²) in [6.45, 7) is 30.9. The molecule has 1 aliphatic heterocycles. The third kappa shape index (κ3) is 27.7. The summed E-state index contributed by atoms with van der Waals surface area (Å²) in [6, 6.07) is 17.5. The molecule has 1 aliphatic rings. The number of benzene rings is 3. The lowest BCUT2D eigenvalue weighted by molar-refractivity contribution is -0.146. The molecule has 3 aromatic carbocycles. The smallest absolute Gasteiger partial charge is 0.410 e. The van der Waals surface area contributed by atoms with Crippen LogP contribution in [0.15, 0.2) is 78.9 Å². The van der Waals surface area contributed by atoms with Gasteiger partial charge in [-0.1, -0.05) is 109 Å². The summed E-state index contributed by atoms with van der Waals surface area (Å²) >= 11 is 1.45. The van der Waals surface area contributed by atoms with Crippen molar-refractivity contribution in [1.29, 1.82) is 0 Å². The number of Topliss-reactive ketones (excluding diaryl/α,β-unsaturated/α-hetero) is 1. The number of likely N-dealkylation sites (N-methyl/N-ethyl adjacent to an activating group) is 2. The summed E-state index contributed by atoms with van der Waals surface area (Å²) < 4.78 is 56.4. The van der Waals surface area contributed by atoms with Gasteiger partial charge in [0, 0.05) is 68.1 Å². The fraction of sp³-hybridized carbons (Fsp3) is 0.649. The monoisotopic (exact) mass is 1490 g/mol. The summed E-state index contributed by atoms with van der Waals surface area (Å²) in [5.41, 5.74) is 0.953. The SMILES string of the molecule is CC[C@H](C)C([C@@H](CC(=O)N1CCC[C@H]1[C@H](OC)[C@@H](C)C(=O)N[C@H](C)[C@@H](O)c1ccccc1)OC)N(C)C(=O)CNC(=O)C(C(C)C)N(C)C(=O)OCc1ccc(NC(=O)CNC(=O)C(NC(=O)c2ccc(C(=O)C(CSC(C)(C)COC(C)(C)C)CS(=O)(=O)C(C)COC(C)(C)C)cc2)C(C)C)cc1. The van der Waals surface area contributed by atoms with Crippen molar-refractivity contribution in [3.8, 4) is 0 Å². The number of nitrogens with zero attached hydrogens (tertiary/aromatic N) is 3. The Balaban J connectivity index is 1.30. The Morgan fingerprint density at radius 1 is 0.712 bits per heavy atom. The molecule has 0 radical (unpaired) electrons. The first-order valence-electron chi connectivity index (χ1n) is 36.0. The second-order valence-electron chi connectivity index (χ2n) is 30.7. The number of aliphatic hydroxyl groups is 1. The number of hydrogen-bond donors (Lipinski definition) is 6. The molecule has 0 aliphatic carbocycles. The largest absolute Gasteiger partial charge is 0.445 e. The highest BCUT2D eigenvalue weighted by atomic mass is 32.2. The van der Waals surface area contributed by atoms with Gasteiger partial charge in [-0.15, -0.1) is 0 Å². The van der Waals surface area contributed by atoms with Crippen LogP contribution in [0.3, 0.4) is 0 Å². The van der Waals surface area contributed by atoms with Crippen LogP contribution < -0.4 is 26.6 Å². The second kappa shape index (κ2) is 40.6. The van der Waals surface area contributed by atoms with Gasteiger partial charge in [-0.3, -0.25) is 43.3 Å². The van der Waals surface area contributed by atoms with Crippen LogP contribution in [0.25, 0.3) is 0 Å². The maximum absolute atomic E-state index is 14.3. The highest BCUT2D eigenvalue weighted by molar-refractivity contribution is 8.00. The molecule has 3 aromatic rings. The lowest BCUT2D eigenvalue weighted by atomic mass is 9.90. The van der Waals surface area contributed by atoms with E-state index < -0.39 is 163 Å². The molecule has 0 bridgehead atoms. The van der Waals surface area contributed by atoms with E-state index in [0.717, 1.165) is 4.90 Å². The van der Waals surface area contributed by atoms with Crippen LogP contribution in [-0.2, 0) is 68.9 Å². The van der Waals surface area contributed by atoms with E-state index in [4.69, 9.17) is 23.7 Å². The molecule has 0 spiro atoms. The number of carbonyl (C=O) groups is 9. The number of anilines is 1. The molecule has 1 heterocycles. The molecular weight excluding hydrogens is 1370 g/mol. The minimum Gasteiger partial charge on any atom is -0.445 e. The summed E-state index contributed by atoms with van der Waals surface area (Å²) in [6.07, 6.45) is -1.35. The van der Waals surface area contributed by atoms with E-state index in [-0.39, 0.29) is 54.2 Å². The van der Waals surface area contributed by atoms with Gasteiger partial charge < -0.3 is 65.2 Å². The molecule has 1 fully saturated rings. The minimum absolute atomic E-state index is 0.0387. The van der Waals surface area contributed by atoms with E-state index in [2.05, 4.69) is 26.6 Å². The Hall–Kier alpha value is -7.01. The van der Waals surface area contributed by atoms with E-state index >= 15 is 0 Å². The number of sulfone groups is 1. The van der Waals surface area contributed by atoms with Gasteiger partial charge in [0.25, 0.3) is 5.91 Å². The van der Waals surface area contributed by atoms with E-state index in [1.807, 2.05) is 87.4 Å². The Bertz CT molecular complexity index is 3420. The van der Waals surface area contributed by atoms with Crippen molar-refractivity contribution < 1.29 is 80.4 Å². The van der Waals surface area contributed by atoms with Gasteiger partial charge in [-0.2, -0.15) is 11.8 Å². The van der Waals surface area contributed by atoms with E-state index in [9.17, 15) is 56.7 Å². The average molecular weight is 1490 g/mol. The van der Waals surface area contributed by atoms with E-state index in [1.165, 1.54) is 62.2 Å². The highest BCUT2D eigenvalue weighted by Gasteiger charge is 2.43. The van der Waals surface area contributed by atoms with Crippen molar-refractivity contribution in [2.45, 2.75) is 220 Å². The zero-order chi connectivity index (χ0) is 78.4. The van der Waals surface area contributed by atoms with Gasteiger partial charge in [0.2, 0.25) is 35.4 Å². The molecule has 25 nitrogen and oxygen atoms in total. The summed E-state index contributed by atoms with van der Waals surface area (Å²) in [5, 5.41) is 23.7. The zero-order valence-corrected chi connectivity index (χ0v) is 66.8. The highest BCUT2D eigenvalue weighted by Crippen LogP contribution is 2.33. The molecule has 0 saturated carbocycles. The molecule has 8 amide bonds. The number of aliphatic hydroxyl groups excluding tert-OH is 1. The second-order valence-corrected chi connectivity index (χ2v) is 34.9. The number of ketones is 1. The number of nitrogens with one attached hydrogen (secondary N) is 5. The van der Waals surface area contributed by atoms with Gasteiger partial charge in [-0.25, -0.2) is 13.2 Å². The van der Waals surface area contributed by atoms with Crippen molar-refractivity contribution in [3.63, 3.8) is 0 Å². The van der Waals surface area contributed by atoms with Crippen LogP contribution >= 0.6 is 11.8 Å². The third-order valence-corrected chi connectivity index (χ3v) is 22.4. The van der Waals surface area contributed by atoms with E-state index in [1.54, 1.807) is 96.8 Å². The van der Waals surface area contributed by atoms with Gasteiger partial charge in [-0.05, 0) is 135 Å². The molecular formula is C77H120N8O17S2. The topological polar surface area (TPSA) is 324 Å². The first-order chi connectivity index (χ1) is 48.5. The Labute approximate surface area is 622 Å². The van der Waals surface area contributed by atoms with Crippen LogP contribution in [0.5, 0.6) is 0 Å². The number of ether oxygens (including phenoxy) is 5. The van der Waals surface area contributed by atoms with Crippen LogP contribution in [0, 0.1) is 29.6 Å². The first-order valence-corrected chi connectivity index (χ1v) is 38.7. The Morgan fingerprint density at radius 2 is 1.31 bits per heavy atom. The fourth-order valence-corrected chi connectivity index (χ4v) is 14.8. The van der Waals surface area contributed by atoms with Gasteiger partial charge in [0.1, 0.15) is 18.7 Å². The van der Waals surface area contributed by atoms with Crippen LogP contribution in [0.2, 0.25) is 0 Å². The molecule has 1 saturated heterocycles. The van der Waals surface area contributed by atoms with Gasteiger partial charge >= 0.3 is 6.09 Å². The molecule has 0 aromatic heterocycles. The third-order valence-electron chi connectivity index (χ3n) is 18.7. The number of thioether (sulfide) groups is 1. The standard InChI is InChI=1S/C77H120N8O17S2/c1-22-49(6)66(60(98-20)39-62(87)85-38-26-29-59(85)69(99-21)51(8)70(91)80-52(9)67(89)54-27-24-23-25-28-54)83(18)63(88)41-79-73(94)65(48(4)5)84(19)74(95)100-43-53-30-36-58(37-31-53)81-61(86)40-78-72(93)64(47(2)3)82-71(92)56-34-32-55(33-35-56)68(90)57(44-103-77(16,17)46-102-76(13,14)15)45-104(96,97)50(7)42-101-75(10,11)12/h23-25,27-28,30-37,47-52,57,59-60,64-67,69,89H,22,26,29,38-46H2,1-21H3,(H,78,93)(H,79,94)(H,80,91)(H,81,86)(H,82,92)/t49-,50?,51+,52+,57?,59-,60+,64?,65?,66?,67+,69+/m0/s1. The quantitative estimate of drug-likeness (QED) is 0.0290. The van der Waals surface area contributed by atoms with Crippen LogP contribution in [0.4, 0.5) is 10.5 Å². The normalized spacial score (nSPS) is 16.8. The van der Waals surface area contributed by atoms with Gasteiger partial charge in [0.05, 0.1) is 97.3 Å². The Kier molecular flexibility index (Phi) is 34.9. The van der Waals surface area contributed by atoms with E-state index in [0.29, 0.717) is 49.2 Å². The predicted octanol–water partition coefficient (Wildman–Crippen LogP) is 8.81. The number of carbonyl (C=O) groups excluding carboxylic acids is 9. The zero-order valence-electron chi connectivity index (χ0n) is 65.2. The lowest BCUT2D eigenvalue weighted by Crippen LogP contribution is -2.56. The molecule has 104 heavy (non-hydrogen) atoms. The fourth-order valence-electron chi connectivity index (χ4n) is 12.2. The predicted molar refractivity (Wildman–Crippen MR) is 404 cm³/mol. The maximum Gasteiger partial charge on any atom is 0.410 e. The van der Waals surface area contributed by atoms with Crippen molar-refractivity contribution in [1.82, 2.24) is 36.0 Å². The average Bonchev–Trinajstić information content (AvgIpc) is 1.69. The summed E-state index contributed by atoms with van der Waals surface area (Å²) in [5.74, 6) is -6.68. The number of amides is 8. The number of likely N-dealkylation sites (tertiary alicyclic amines) is 1. The molecule has 4 rings (SSSR count). The lowest BCUT2D eigenvalue weighted by Gasteiger charge is -2.39. The summed E-state index contributed by atoms with van der Waals surface area (Å²) in [7, 11) is 2.21. The Morgan fingerprint density at radius 3 is 1.87 bits per heavy atom. The van der Waals surface area contributed by atoms with Crippen molar-refractivity contribution in [3.05, 3.63) is 101 Å². The molecule has 6 N–H and O–H groups in total. The maximum atomic E-state index is 14.3. The molecule has 582 valence electrons. The van der Waals surface area contributed by atoms with Crippen molar-refractivity contribution in [2.75, 3.05) is 78.0 Å². The van der Waals surface area contributed by atoms with Crippen LogP contribution in [-0.4, -0.2) is 218 Å². The number of rotatable bonds is 40. The molecule has 5 unspecified atom stereocenters. The molecule has 12 atom stereocenters. The van der Waals surface area contributed by atoms with Crippen molar-refractivity contribution in [2.24, 2.45) is 29.6 Å². The van der Waals surface area contributed by atoms with Crippen molar-refractivity contribution >= 4 is 80.5 Å². The molecule has 27 heteroatoms. The number of methoxy groups -OCH3 is 2. The first kappa shape index (κ1) is 89.4. The number of hydrogen-bond acceptors (Lipinski definition) is 18. The summed E-state index contributed by atoms with van der Waals surface area (Å²) in [4.78, 5) is 128. The minimum atomic E-state index is -3.81.